The number of hydrogen-bond donors (Lipinski definition) is 1. The van der Waals surface area contributed by atoms with Crippen LogP contribution in [-0.2, 0) is 16.7 Å². The van der Waals surface area contributed by atoms with Gasteiger partial charge in [0.05, 0.1) is 16.6 Å². The molecular formula is C24H33ClN2O2S. The Morgan fingerprint density at radius 3 is 2.80 bits per heavy atom. The van der Waals surface area contributed by atoms with Crippen molar-refractivity contribution >= 4 is 23.7 Å². The van der Waals surface area contributed by atoms with Crippen molar-refractivity contribution in [2.24, 2.45) is 0 Å². The largest absolute Gasteiger partial charge is 0.489 e. The predicted molar refractivity (Wildman–Crippen MR) is 124 cm³/mol. The zero-order valence-electron chi connectivity index (χ0n) is 17.6. The van der Waals surface area contributed by atoms with Crippen LogP contribution in [0.4, 0.5) is 0 Å². The van der Waals surface area contributed by atoms with Crippen LogP contribution in [0, 0.1) is 0 Å². The molecule has 1 N–H and O–H groups in total. The minimum absolute atomic E-state index is 0. The van der Waals surface area contributed by atoms with Crippen LogP contribution in [-0.4, -0.2) is 29.8 Å². The van der Waals surface area contributed by atoms with Crippen molar-refractivity contribution < 1.29 is 9.47 Å². The van der Waals surface area contributed by atoms with Crippen LogP contribution in [0.15, 0.2) is 35.8 Å². The van der Waals surface area contributed by atoms with Gasteiger partial charge in [0, 0.05) is 30.5 Å². The molecule has 2 aliphatic carbocycles. The summed E-state index contributed by atoms with van der Waals surface area (Å²) in [6.45, 7) is 2.74. The van der Waals surface area contributed by atoms with Gasteiger partial charge in [-0.1, -0.05) is 18.9 Å². The second-order valence-electron chi connectivity index (χ2n) is 9.11. The number of nitrogens with zero attached hydrogens (tertiary/aromatic N) is 1. The standard InChI is InChI=1S/C24H32N2O2S.ClH/c1-4-13-26-22(5-1)23(12-15-27-24(18-23)9-2-3-10-24)11-14-25-17-21-20(8-16-29-21)28-19-6-7-19;/h1,4-5,8,13,16,19,25H,2-3,6-7,9-12,14-15,17-18H2;1H. The first-order chi connectivity index (χ1) is 14.3. The van der Waals surface area contributed by atoms with Crippen LogP contribution < -0.4 is 10.1 Å². The van der Waals surface area contributed by atoms with Crippen molar-refractivity contribution in [2.45, 2.75) is 81.5 Å². The highest BCUT2D eigenvalue weighted by molar-refractivity contribution is 7.10. The van der Waals surface area contributed by atoms with E-state index in [1.54, 1.807) is 11.3 Å². The quantitative estimate of drug-likeness (QED) is 0.530. The van der Waals surface area contributed by atoms with Gasteiger partial charge in [0.2, 0.25) is 0 Å². The molecular weight excluding hydrogens is 416 g/mol. The molecule has 2 aromatic rings. The maximum atomic E-state index is 6.36. The average Bonchev–Trinajstić information content (AvgIpc) is 3.29. The van der Waals surface area contributed by atoms with Crippen molar-refractivity contribution in [1.82, 2.24) is 10.3 Å². The molecule has 2 aromatic heterocycles. The van der Waals surface area contributed by atoms with E-state index in [-0.39, 0.29) is 23.4 Å². The van der Waals surface area contributed by atoms with Crippen molar-refractivity contribution in [3.05, 3.63) is 46.4 Å². The van der Waals surface area contributed by atoms with Crippen molar-refractivity contribution in [1.29, 1.82) is 0 Å². The first kappa shape index (κ1) is 22.1. The second kappa shape index (κ2) is 9.56. The van der Waals surface area contributed by atoms with Gasteiger partial charge in [0.25, 0.3) is 0 Å². The van der Waals surface area contributed by atoms with E-state index in [2.05, 4.69) is 28.9 Å². The number of nitrogens with one attached hydrogen (secondary N) is 1. The van der Waals surface area contributed by atoms with E-state index in [1.165, 1.54) is 49.1 Å². The maximum absolute atomic E-state index is 6.36. The number of rotatable bonds is 8. The lowest BCUT2D eigenvalue weighted by Gasteiger charge is -2.46. The van der Waals surface area contributed by atoms with Gasteiger partial charge in [-0.3, -0.25) is 4.98 Å². The van der Waals surface area contributed by atoms with Gasteiger partial charge in [-0.25, -0.2) is 0 Å². The van der Waals surface area contributed by atoms with E-state index in [0.717, 1.165) is 44.7 Å². The molecule has 1 spiro atoms. The fourth-order valence-corrected chi connectivity index (χ4v) is 6.03. The molecule has 1 aliphatic heterocycles. The van der Waals surface area contributed by atoms with Gasteiger partial charge in [0.15, 0.2) is 0 Å². The normalized spacial score (nSPS) is 25.2. The zero-order valence-corrected chi connectivity index (χ0v) is 19.2. The minimum atomic E-state index is 0. The third kappa shape index (κ3) is 4.85. The Labute approximate surface area is 190 Å². The monoisotopic (exact) mass is 448 g/mol. The van der Waals surface area contributed by atoms with Gasteiger partial charge in [-0.05, 0) is 75.1 Å². The number of hydrogen-bond acceptors (Lipinski definition) is 5. The molecule has 1 saturated heterocycles. The molecule has 1 atom stereocenters. The summed E-state index contributed by atoms with van der Waals surface area (Å²) in [5.74, 6) is 1.08. The molecule has 3 fully saturated rings. The van der Waals surface area contributed by atoms with Crippen molar-refractivity contribution in [3.63, 3.8) is 0 Å². The van der Waals surface area contributed by atoms with E-state index in [1.807, 2.05) is 12.3 Å². The van der Waals surface area contributed by atoms with Gasteiger partial charge in [-0.2, -0.15) is 0 Å². The number of pyridine rings is 1. The summed E-state index contributed by atoms with van der Waals surface area (Å²) in [6, 6.07) is 8.52. The number of aromatic nitrogens is 1. The summed E-state index contributed by atoms with van der Waals surface area (Å²) in [5.41, 5.74) is 1.47. The van der Waals surface area contributed by atoms with Gasteiger partial charge >= 0.3 is 0 Å². The summed E-state index contributed by atoms with van der Waals surface area (Å²) in [5, 5.41) is 5.85. The molecule has 0 aromatic carbocycles. The topological polar surface area (TPSA) is 43.4 Å². The summed E-state index contributed by atoms with van der Waals surface area (Å²) in [4.78, 5) is 6.13. The summed E-state index contributed by atoms with van der Waals surface area (Å²) in [7, 11) is 0. The highest BCUT2D eigenvalue weighted by atomic mass is 35.5. The van der Waals surface area contributed by atoms with Crippen molar-refractivity contribution in [2.75, 3.05) is 13.2 Å². The molecule has 5 rings (SSSR count). The lowest BCUT2D eigenvalue weighted by molar-refractivity contribution is -0.104. The summed E-state index contributed by atoms with van der Waals surface area (Å²) in [6.07, 6.45) is 13.2. The molecule has 3 aliphatic rings. The van der Waals surface area contributed by atoms with E-state index in [9.17, 15) is 0 Å². The molecule has 30 heavy (non-hydrogen) atoms. The Morgan fingerprint density at radius 2 is 2.03 bits per heavy atom. The molecule has 6 heteroatoms. The molecule has 1 unspecified atom stereocenters. The van der Waals surface area contributed by atoms with Crippen LogP contribution in [0.5, 0.6) is 5.75 Å². The maximum Gasteiger partial charge on any atom is 0.134 e. The molecule has 4 nitrogen and oxygen atoms in total. The Balaban J connectivity index is 0.00000218. The highest BCUT2D eigenvalue weighted by Crippen LogP contribution is 2.49. The molecule has 0 amide bonds. The lowest BCUT2D eigenvalue weighted by atomic mass is 9.68. The van der Waals surface area contributed by atoms with Crippen LogP contribution in [0.25, 0.3) is 0 Å². The van der Waals surface area contributed by atoms with Crippen LogP contribution in [0.2, 0.25) is 0 Å². The fraction of sp³-hybridized carbons (Fsp3) is 0.625. The number of ether oxygens (including phenoxy) is 2. The van der Waals surface area contributed by atoms with Crippen molar-refractivity contribution in [3.8, 4) is 5.75 Å². The predicted octanol–water partition coefficient (Wildman–Crippen LogP) is 5.65. The Kier molecular flexibility index (Phi) is 7.03. The Hall–Kier alpha value is -1.14. The van der Waals surface area contributed by atoms with E-state index >= 15 is 0 Å². The van der Waals surface area contributed by atoms with Gasteiger partial charge in [-0.15, -0.1) is 23.7 Å². The molecule has 0 radical (unpaired) electrons. The molecule has 2 saturated carbocycles. The second-order valence-corrected chi connectivity index (χ2v) is 10.1. The van der Waals surface area contributed by atoms with Crippen LogP contribution in [0.1, 0.15) is 68.4 Å². The van der Waals surface area contributed by atoms with Crippen LogP contribution in [0.3, 0.4) is 0 Å². The number of thiophene rings is 1. The average molecular weight is 449 g/mol. The minimum Gasteiger partial charge on any atom is -0.489 e. The summed E-state index contributed by atoms with van der Waals surface area (Å²) >= 11 is 1.80. The SMILES string of the molecule is Cl.c1ccc(C2(CCNCc3sccc3OC3CC3)CCOC3(CCCC3)C2)nc1. The summed E-state index contributed by atoms with van der Waals surface area (Å²) < 4.78 is 12.4. The first-order valence-corrected chi connectivity index (χ1v) is 12.1. The highest BCUT2D eigenvalue weighted by Gasteiger charge is 2.48. The molecule has 164 valence electrons. The lowest BCUT2D eigenvalue weighted by Crippen LogP contribution is -2.47. The first-order valence-electron chi connectivity index (χ1n) is 11.3. The fourth-order valence-electron chi connectivity index (χ4n) is 5.25. The molecule has 0 bridgehead atoms. The van der Waals surface area contributed by atoms with E-state index in [0.29, 0.717) is 6.10 Å². The Bertz CT molecular complexity index is 805. The number of halogens is 1. The van der Waals surface area contributed by atoms with Crippen LogP contribution >= 0.6 is 23.7 Å². The van der Waals surface area contributed by atoms with Gasteiger partial charge in [0.1, 0.15) is 5.75 Å². The third-order valence-electron chi connectivity index (χ3n) is 6.96. The van der Waals surface area contributed by atoms with E-state index in [4.69, 9.17) is 14.5 Å². The molecule has 3 heterocycles. The van der Waals surface area contributed by atoms with E-state index < -0.39 is 0 Å². The third-order valence-corrected chi connectivity index (χ3v) is 7.86. The smallest absolute Gasteiger partial charge is 0.134 e. The van der Waals surface area contributed by atoms with Gasteiger partial charge < -0.3 is 14.8 Å². The Morgan fingerprint density at radius 1 is 1.17 bits per heavy atom. The zero-order chi connectivity index (χ0) is 19.6.